The van der Waals surface area contributed by atoms with Gasteiger partial charge in [0.25, 0.3) is 0 Å². The van der Waals surface area contributed by atoms with Gasteiger partial charge in [-0.2, -0.15) is 0 Å². The molecule has 0 radical (unpaired) electrons. The molecule has 0 bridgehead atoms. The summed E-state index contributed by atoms with van der Waals surface area (Å²) in [6.45, 7) is 9.51. The quantitative estimate of drug-likeness (QED) is 0.470. The Kier molecular flexibility index (Phi) is 4.84. The highest BCUT2D eigenvalue weighted by Gasteiger charge is 2.14. The van der Waals surface area contributed by atoms with Gasteiger partial charge < -0.3 is 0 Å². The molecule has 0 fully saturated rings. The molecule has 70 valence electrons. The number of isocyanates is 1. The van der Waals surface area contributed by atoms with Crippen molar-refractivity contribution in [1.29, 1.82) is 0 Å². The van der Waals surface area contributed by atoms with E-state index in [1.165, 1.54) is 6.42 Å². The van der Waals surface area contributed by atoms with Crippen molar-refractivity contribution in [2.24, 2.45) is 16.3 Å². The first-order chi connectivity index (χ1) is 5.45. The summed E-state index contributed by atoms with van der Waals surface area (Å²) in [6, 6.07) is 0. The number of aliphatic imine (C=N–C) groups is 1. The maximum absolute atomic E-state index is 9.78. The van der Waals surface area contributed by atoms with E-state index in [2.05, 4.69) is 32.7 Å². The van der Waals surface area contributed by atoms with E-state index in [0.717, 1.165) is 6.42 Å². The Morgan fingerprint density at radius 2 is 2.00 bits per heavy atom. The Bertz CT molecular complexity index is 163. The highest BCUT2D eigenvalue weighted by molar-refractivity contribution is 5.32. The molecule has 0 N–H and O–H groups in total. The van der Waals surface area contributed by atoms with Crippen molar-refractivity contribution in [2.45, 2.75) is 40.5 Å². The molecule has 0 saturated carbocycles. The van der Waals surface area contributed by atoms with E-state index < -0.39 is 0 Å². The third-order valence-electron chi connectivity index (χ3n) is 1.76. The van der Waals surface area contributed by atoms with Gasteiger partial charge in [-0.1, -0.05) is 27.7 Å². The molecule has 0 rings (SSSR count). The highest BCUT2D eigenvalue weighted by Crippen LogP contribution is 2.25. The van der Waals surface area contributed by atoms with Crippen molar-refractivity contribution in [3.8, 4) is 0 Å². The molecule has 0 aliphatic rings. The standard InChI is InChI=1S/C10H19NO/c1-9(5-6-11-8-12)7-10(2,3)4/h9H,5-7H2,1-4H3. The minimum Gasteiger partial charge on any atom is -0.211 e. The van der Waals surface area contributed by atoms with E-state index in [0.29, 0.717) is 17.9 Å². The van der Waals surface area contributed by atoms with Crippen LogP contribution in [0.5, 0.6) is 0 Å². The van der Waals surface area contributed by atoms with Gasteiger partial charge in [0.15, 0.2) is 0 Å². The van der Waals surface area contributed by atoms with E-state index in [1.807, 2.05) is 0 Å². The molecule has 0 aromatic rings. The van der Waals surface area contributed by atoms with Crippen molar-refractivity contribution >= 4 is 6.08 Å². The molecule has 0 aromatic carbocycles. The molecule has 12 heavy (non-hydrogen) atoms. The van der Waals surface area contributed by atoms with Crippen LogP contribution in [0.3, 0.4) is 0 Å². The van der Waals surface area contributed by atoms with Crippen LogP contribution in [0.2, 0.25) is 0 Å². The summed E-state index contributed by atoms with van der Waals surface area (Å²) < 4.78 is 0. The minimum absolute atomic E-state index is 0.379. The third-order valence-corrected chi connectivity index (χ3v) is 1.76. The second-order valence-corrected chi connectivity index (χ2v) is 4.63. The van der Waals surface area contributed by atoms with Gasteiger partial charge in [0.05, 0.1) is 6.54 Å². The van der Waals surface area contributed by atoms with Crippen LogP contribution in [0.4, 0.5) is 0 Å². The number of hydrogen-bond donors (Lipinski definition) is 0. The number of carbonyl (C=O) groups excluding carboxylic acids is 1. The van der Waals surface area contributed by atoms with Crippen LogP contribution in [0.1, 0.15) is 40.5 Å². The number of hydrogen-bond acceptors (Lipinski definition) is 2. The van der Waals surface area contributed by atoms with Crippen LogP contribution in [-0.2, 0) is 4.79 Å². The average Bonchev–Trinajstić information content (AvgIpc) is 1.84. The maximum atomic E-state index is 9.78. The predicted molar refractivity (Wildman–Crippen MR) is 50.8 cm³/mol. The van der Waals surface area contributed by atoms with Crippen LogP contribution < -0.4 is 0 Å². The molecule has 0 amide bonds. The molecule has 0 heterocycles. The Morgan fingerprint density at radius 1 is 1.42 bits per heavy atom. The fraction of sp³-hybridized carbons (Fsp3) is 0.900. The van der Waals surface area contributed by atoms with E-state index in [1.54, 1.807) is 6.08 Å². The zero-order chi connectivity index (χ0) is 9.61. The number of nitrogens with zero attached hydrogens (tertiary/aromatic N) is 1. The van der Waals surface area contributed by atoms with Gasteiger partial charge in [-0.15, -0.1) is 0 Å². The van der Waals surface area contributed by atoms with E-state index in [4.69, 9.17) is 0 Å². The van der Waals surface area contributed by atoms with Crippen LogP contribution in [0.25, 0.3) is 0 Å². The zero-order valence-electron chi connectivity index (χ0n) is 8.55. The van der Waals surface area contributed by atoms with Crippen LogP contribution >= 0.6 is 0 Å². The number of rotatable bonds is 4. The van der Waals surface area contributed by atoms with E-state index in [-0.39, 0.29) is 0 Å². The molecule has 0 aromatic heterocycles. The van der Waals surface area contributed by atoms with Crippen LogP contribution in [0, 0.1) is 11.3 Å². The molecule has 0 aliphatic carbocycles. The summed E-state index contributed by atoms with van der Waals surface area (Å²) >= 11 is 0. The second-order valence-electron chi connectivity index (χ2n) is 4.63. The van der Waals surface area contributed by atoms with E-state index >= 15 is 0 Å². The predicted octanol–water partition coefficient (Wildman–Crippen LogP) is 2.78. The van der Waals surface area contributed by atoms with Crippen molar-refractivity contribution in [2.75, 3.05) is 6.54 Å². The molecule has 1 unspecified atom stereocenters. The first-order valence-electron chi connectivity index (χ1n) is 4.49. The summed E-state index contributed by atoms with van der Waals surface area (Å²) in [5, 5.41) is 0. The van der Waals surface area contributed by atoms with Crippen molar-refractivity contribution < 1.29 is 4.79 Å². The normalized spacial score (nSPS) is 13.7. The lowest BCUT2D eigenvalue weighted by molar-refractivity contribution is 0.299. The lowest BCUT2D eigenvalue weighted by Gasteiger charge is -2.22. The molecule has 0 aliphatic heterocycles. The fourth-order valence-corrected chi connectivity index (χ4v) is 1.48. The van der Waals surface area contributed by atoms with Gasteiger partial charge >= 0.3 is 0 Å². The van der Waals surface area contributed by atoms with Crippen molar-refractivity contribution in [3.05, 3.63) is 0 Å². The van der Waals surface area contributed by atoms with Crippen molar-refractivity contribution in [3.63, 3.8) is 0 Å². The summed E-state index contributed by atoms with van der Waals surface area (Å²) in [7, 11) is 0. The summed E-state index contributed by atoms with van der Waals surface area (Å²) in [5.74, 6) is 0.641. The first-order valence-corrected chi connectivity index (χ1v) is 4.49. The van der Waals surface area contributed by atoms with Crippen molar-refractivity contribution in [1.82, 2.24) is 0 Å². The van der Waals surface area contributed by atoms with Crippen LogP contribution in [-0.4, -0.2) is 12.6 Å². The second kappa shape index (κ2) is 5.10. The maximum Gasteiger partial charge on any atom is 0.234 e. The Morgan fingerprint density at radius 3 is 2.42 bits per heavy atom. The molecule has 2 heteroatoms. The molecular weight excluding hydrogens is 150 g/mol. The van der Waals surface area contributed by atoms with Gasteiger partial charge in [-0.05, 0) is 24.2 Å². The van der Waals surface area contributed by atoms with Crippen LogP contribution in [0.15, 0.2) is 4.99 Å². The van der Waals surface area contributed by atoms with Gasteiger partial charge in [0.1, 0.15) is 0 Å². The molecular formula is C10H19NO. The average molecular weight is 169 g/mol. The topological polar surface area (TPSA) is 29.4 Å². The molecule has 2 nitrogen and oxygen atoms in total. The zero-order valence-corrected chi connectivity index (χ0v) is 8.55. The lowest BCUT2D eigenvalue weighted by atomic mass is 9.84. The van der Waals surface area contributed by atoms with Gasteiger partial charge in [0, 0.05) is 0 Å². The summed E-state index contributed by atoms with van der Waals surface area (Å²) in [4.78, 5) is 13.3. The van der Waals surface area contributed by atoms with E-state index in [9.17, 15) is 4.79 Å². The Hall–Kier alpha value is -0.620. The SMILES string of the molecule is CC(CCN=C=O)CC(C)(C)C. The summed E-state index contributed by atoms with van der Waals surface area (Å²) in [5.41, 5.74) is 0.379. The van der Waals surface area contributed by atoms with Gasteiger partial charge in [-0.3, -0.25) is 0 Å². The highest BCUT2D eigenvalue weighted by atomic mass is 16.1. The Balaban J connectivity index is 3.59. The Labute approximate surface area is 75.1 Å². The first kappa shape index (κ1) is 11.4. The smallest absolute Gasteiger partial charge is 0.211 e. The third kappa shape index (κ3) is 7.49. The molecule has 0 saturated heterocycles. The van der Waals surface area contributed by atoms with Gasteiger partial charge in [-0.25, -0.2) is 9.79 Å². The molecule has 1 atom stereocenters. The summed E-state index contributed by atoms with van der Waals surface area (Å²) in [6.07, 6.45) is 3.74. The largest absolute Gasteiger partial charge is 0.234 e. The fourth-order valence-electron chi connectivity index (χ4n) is 1.48. The lowest BCUT2D eigenvalue weighted by Crippen LogP contribution is -2.11. The minimum atomic E-state index is 0.379. The van der Waals surface area contributed by atoms with Gasteiger partial charge in [0.2, 0.25) is 6.08 Å². The monoisotopic (exact) mass is 169 g/mol. The molecule has 0 spiro atoms.